The number of guanidine groups is 1. The normalized spacial score (nSPS) is 17.7. The quantitative estimate of drug-likeness (QED) is 0.574. The highest BCUT2D eigenvalue weighted by Gasteiger charge is 2.28. The third kappa shape index (κ3) is 5.61. The van der Waals surface area contributed by atoms with Gasteiger partial charge in [0.15, 0.2) is 5.96 Å². The molecule has 0 saturated carbocycles. The zero-order valence-corrected chi connectivity index (χ0v) is 16.8. The molecule has 26 heavy (non-hydrogen) atoms. The van der Waals surface area contributed by atoms with Gasteiger partial charge in [-0.2, -0.15) is 0 Å². The second kappa shape index (κ2) is 9.78. The molecule has 146 valence electrons. The van der Waals surface area contributed by atoms with E-state index in [2.05, 4.69) is 47.4 Å². The van der Waals surface area contributed by atoms with E-state index in [1.54, 1.807) is 7.11 Å². The molecule has 1 atom stereocenters. The van der Waals surface area contributed by atoms with Gasteiger partial charge in [-0.15, -0.1) is 0 Å². The van der Waals surface area contributed by atoms with Gasteiger partial charge < -0.3 is 20.1 Å². The summed E-state index contributed by atoms with van der Waals surface area (Å²) >= 11 is 0. The Balaban J connectivity index is 1.85. The number of para-hydroxylation sites is 1. The molecular formula is C20H34N4O2. The molecule has 1 fully saturated rings. The highest BCUT2D eigenvalue weighted by molar-refractivity contribution is 5.79. The van der Waals surface area contributed by atoms with Gasteiger partial charge in [0.25, 0.3) is 0 Å². The summed E-state index contributed by atoms with van der Waals surface area (Å²) in [7, 11) is 3.53. The number of rotatable bonds is 7. The van der Waals surface area contributed by atoms with Crippen molar-refractivity contribution < 1.29 is 9.47 Å². The number of methoxy groups -OCH3 is 1. The SMILES string of the molecule is CN=C(NCC(C)c1ccccc1OC)NCC(C)(C)N1CCOCC1. The Morgan fingerprint density at radius 1 is 1.27 bits per heavy atom. The summed E-state index contributed by atoms with van der Waals surface area (Å²) in [4.78, 5) is 6.83. The van der Waals surface area contributed by atoms with Crippen molar-refractivity contribution in [1.29, 1.82) is 0 Å². The summed E-state index contributed by atoms with van der Waals surface area (Å²) in [6.45, 7) is 11.9. The van der Waals surface area contributed by atoms with Crippen LogP contribution in [0.4, 0.5) is 0 Å². The van der Waals surface area contributed by atoms with Gasteiger partial charge in [0.05, 0.1) is 20.3 Å². The lowest BCUT2D eigenvalue weighted by Crippen LogP contribution is -2.56. The largest absolute Gasteiger partial charge is 0.496 e. The fourth-order valence-electron chi connectivity index (χ4n) is 3.23. The Kier molecular flexibility index (Phi) is 7.72. The van der Waals surface area contributed by atoms with E-state index in [4.69, 9.17) is 9.47 Å². The van der Waals surface area contributed by atoms with Gasteiger partial charge in [0.2, 0.25) is 0 Å². The minimum absolute atomic E-state index is 0.0513. The standard InChI is InChI=1S/C20H34N4O2/c1-16(17-8-6-7-9-18(17)25-5)14-22-19(21-4)23-15-20(2,3)24-10-12-26-13-11-24/h6-9,16H,10-15H2,1-5H3,(H2,21,22,23). The van der Waals surface area contributed by atoms with E-state index < -0.39 is 0 Å². The molecule has 2 N–H and O–H groups in total. The summed E-state index contributed by atoms with van der Waals surface area (Å²) in [6, 6.07) is 8.16. The van der Waals surface area contributed by atoms with Gasteiger partial charge in [-0.3, -0.25) is 9.89 Å². The van der Waals surface area contributed by atoms with Crippen molar-refractivity contribution in [2.75, 3.05) is 53.6 Å². The van der Waals surface area contributed by atoms with Crippen molar-refractivity contribution in [3.05, 3.63) is 29.8 Å². The van der Waals surface area contributed by atoms with Crippen LogP contribution >= 0.6 is 0 Å². The van der Waals surface area contributed by atoms with E-state index in [9.17, 15) is 0 Å². The van der Waals surface area contributed by atoms with Crippen LogP contribution < -0.4 is 15.4 Å². The minimum Gasteiger partial charge on any atom is -0.496 e. The second-order valence-corrected chi connectivity index (χ2v) is 7.36. The van der Waals surface area contributed by atoms with Crippen molar-refractivity contribution in [3.63, 3.8) is 0 Å². The number of aliphatic imine (C=N–C) groups is 1. The Labute approximate surface area is 158 Å². The molecule has 1 unspecified atom stereocenters. The minimum atomic E-state index is 0.0513. The average molecular weight is 363 g/mol. The van der Waals surface area contributed by atoms with Crippen molar-refractivity contribution in [1.82, 2.24) is 15.5 Å². The zero-order valence-electron chi connectivity index (χ0n) is 16.8. The van der Waals surface area contributed by atoms with Crippen LogP contribution in [0.25, 0.3) is 0 Å². The number of benzene rings is 1. The number of nitrogens with one attached hydrogen (secondary N) is 2. The molecular weight excluding hydrogens is 328 g/mol. The van der Waals surface area contributed by atoms with Gasteiger partial charge in [-0.05, 0) is 25.5 Å². The molecule has 0 amide bonds. The van der Waals surface area contributed by atoms with Gasteiger partial charge >= 0.3 is 0 Å². The number of hydrogen-bond donors (Lipinski definition) is 2. The predicted molar refractivity (Wildman–Crippen MR) is 107 cm³/mol. The summed E-state index contributed by atoms with van der Waals surface area (Å²) in [6.07, 6.45) is 0. The Bertz CT molecular complexity index is 583. The topological polar surface area (TPSA) is 58.1 Å². The molecule has 0 spiro atoms. The molecule has 1 heterocycles. The maximum atomic E-state index is 5.47. The van der Waals surface area contributed by atoms with E-state index in [1.165, 1.54) is 5.56 Å². The third-order valence-corrected chi connectivity index (χ3v) is 5.02. The Morgan fingerprint density at radius 3 is 2.62 bits per heavy atom. The molecule has 0 aromatic heterocycles. The van der Waals surface area contributed by atoms with Crippen molar-refractivity contribution >= 4 is 5.96 Å². The number of morpholine rings is 1. The van der Waals surface area contributed by atoms with Gasteiger partial charge in [0, 0.05) is 44.7 Å². The smallest absolute Gasteiger partial charge is 0.191 e. The lowest BCUT2D eigenvalue weighted by atomic mass is 10.00. The van der Waals surface area contributed by atoms with Crippen molar-refractivity contribution in [3.8, 4) is 5.75 Å². The Morgan fingerprint density at radius 2 is 1.96 bits per heavy atom. The first-order valence-corrected chi connectivity index (χ1v) is 9.38. The molecule has 1 saturated heterocycles. The van der Waals surface area contributed by atoms with Crippen LogP contribution in [0.5, 0.6) is 5.75 Å². The van der Waals surface area contributed by atoms with Crippen LogP contribution in [0.2, 0.25) is 0 Å². The number of ether oxygens (including phenoxy) is 2. The van der Waals surface area contributed by atoms with Crippen molar-refractivity contribution in [2.24, 2.45) is 4.99 Å². The van der Waals surface area contributed by atoms with Crippen LogP contribution in [0.3, 0.4) is 0 Å². The molecule has 0 aliphatic carbocycles. The van der Waals surface area contributed by atoms with Crippen LogP contribution in [0.15, 0.2) is 29.3 Å². The molecule has 6 nitrogen and oxygen atoms in total. The van der Waals surface area contributed by atoms with E-state index in [1.807, 2.05) is 25.2 Å². The van der Waals surface area contributed by atoms with Crippen LogP contribution in [-0.4, -0.2) is 69.9 Å². The molecule has 2 rings (SSSR count). The van der Waals surface area contributed by atoms with Crippen LogP contribution in [0, 0.1) is 0 Å². The van der Waals surface area contributed by atoms with E-state index in [0.29, 0.717) is 5.92 Å². The lowest BCUT2D eigenvalue weighted by molar-refractivity contribution is -0.00834. The van der Waals surface area contributed by atoms with Gasteiger partial charge in [-0.1, -0.05) is 25.1 Å². The summed E-state index contributed by atoms with van der Waals surface area (Å²) in [5.41, 5.74) is 1.25. The van der Waals surface area contributed by atoms with E-state index >= 15 is 0 Å². The first kappa shape index (κ1) is 20.5. The number of nitrogens with zero attached hydrogens (tertiary/aromatic N) is 2. The summed E-state index contributed by atoms with van der Waals surface area (Å²) in [5.74, 6) is 2.07. The fourth-order valence-corrected chi connectivity index (χ4v) is 3.23. The zero-order chi connectivity index (χ0) is 19.0. The molecule has 6 heteroatoms. The summed E-state index contributed by atoms with van der Waals surface area (Å²) < 4.78 is 10.9. The highest BCUT2D eigenvalue weighted by Crippen LogP contribution is 2.25. The number of hydrogen-bond acceptors (Lipinski definition) is 4. The van der Waals surface area contributed by atoms with E-state index in [-0.39, 0.29) is 5.54 Å². The average Bonchev–Trinajstić information content (AvgIpc) is 2.68. The van der Waals surface area contributed by atoms with E-state index in [0.717, 1.165) is 51.1 Å². The predicted octanol–water partition coefficient (Wildman–Crippen LogP) is 2.07. The van der Waals surface area contributed by atoms with Gasteiger partial charge in [-0.25, -0.2) is 0 Å². The molecule has 1 aliphatic rings. The first-order chi connectivity index (χ1) is 12.5. The van der Waals surface area contributed by atoms with Crippen LogP contribution in [-0.2, 0) is 4.74 Å². The lowest BCUT2D eigenvalue weighted by Gasteiger charge is -2.41. The molecule has 1 aromatic carbocycles. The highest BCUT2D eigenvalue weighted by atomic mass is 16.5. The van der Waals surface area contributed by atoms with Crippen molar-refractivity contribution in [2.45, 2.75) is 32.2 Å². The molecule has 1 aromatic rings. The monoisotopic (exact) mass is 362 g/mol. The van der Waals surface area contributed by atoms with Gasteiger partial charge in [0.1, 0.15) is 5.75 Å². The van der Waals surface area contributed by atoms with Crippen LogP contribution in [0.1, 0.15) is 32.3 Å². The third-order valence-electron chi connectivity index (χ3n) is 5.02. The Hall–Kier alpha value is -1.79. The second-order valence-electron chi connectivity index (χ2n) is 7.36. The summed E-state index contributed by atoms with van der Waals surface area (Å²) in [5, 5.41) is 6.90. The first-order valence-electron chi connectivity index (χ1n) is 9.38. The maximum absolute atomic E-state index is 5.47. The molecule has 0 bridgehead atoms. The molecule has 1 aliphatic heterocycles. The fraction of sp³-hybridized carbons (Fsp3) is 0.650. The maximum Gasteiger partial charge on any atom is 0.191 e. The molecule has 0 radical (unpaired) electrons.